The zero-order valence-corrected chi connectivity index (χ0v) is 14.2. The smallest absolute Gasteiger partial charge is 0.265 e. The van der Waals surface area contributed by atoms with Crippen molar-refractivity contribution in [3.05, 3.63) is 66.7 Å². The zero-order chi connectivity index (χ0) is 17.4. The second-order valence-electron chi connectivity index (χ2n) is 5.95. The van der Waals surface area contributed by atoms with Gasteiger partial charge in [-0.1, -0.05) is 42.5 Å². The molecule has 0 fully saturated rings. The number of benzene rings is 3. The summed E-state index contributed by atoms with van der Waals surface area (Å²) in [6.45, 7) is -0.0364. The van der Waals surface area contributed by atoms with Crippen LogP contribution in [0.4, 0.5) is 5.69 Å². The standard InChI is InChI=1S/C19H17NO4S/c21-15(13-24-16-8-2-1-3-9-16)12-20-17-10-4-6-14-7-5-11-18(19(14)17)25(20,22)23/h1-11,15,21H,12-13H2. The number of aliphatic hydroxyl groups excluding tert-OH is 1. The van der Waals surface area contributed by atoms with Gasteiger partial charge < -0.3 is 9.84 Å². The summed E-state index contributed by atoms with van der Waals surface area (Å²) < 4.78 is 32.5. The first-order chi connectivity index (χ1) is 12.1. The van der Waals surface area contributed by atoms with Crippen molar-refractivity contribution in [2.45, 2.75) is 11.0 Å². The fraction of sp³-hybridized carbons (Fsp3) is 0.158. The van der Waals surface area contributed by atoms with Gasteiger partial charge in [0.25, 0.3) is 10.0 Å². The average molecular weight is 355 g/mol. The van der Waals surface area contributed by atoms with Gasteiger partial charge >= 0.3 is 0 Å². The van der Waals surface area contributed by atoms with E-state index >= 15 is 0 Å². The molecule has 1 aliphatic rings. The Labute approximate surface area is 146 Å². The quantitative estimate of drug-likeness (QED) is 0.764. The first-order valence-corrected chi connectivity index (χ1v) is 9.42. The Morgan fingerprint density at radius 2 is 1.68 bits per heavy atom. The van der Waals surface area contributed by atoms with Crippen molar-refractivity contribution in [2.75, 3.05) is 17.5 Å². The van der Waals surface area contributed by atoms with E-state index in [4.69, 9.17) is 4.74 Å². The van der Waals surface area contributed by atoms with Gasteiger partial charge in [-0.05, 0) is 29.7 Å². The molecule has 0 aromatic heterocycles. The van der Waals surface area contributed by atoms with Gasteiger partial charge in [-0.2, -0.15) is 0 Å². The van der Waals surface area contributed by atoms with E-state index in [0.29, 0.717) is 16.8 Å². The highest BCUT2D eigenvalue weighted by Gasteiger charge is 2.36. The Bertz CT molecular complexity index is 1010. The molecule has 0 radical (unpaired) electrons. The van der Waals surface area contributed by atoms with Crippen LogP contribution in [0, 0.1) is 0 Å². The highest BCUT2D eigenvalue weighted by molar-refractivity contribution is 7.93. The molecule has 5 nitrogen and oxygen atoms in total. The van der Waals surface area contributed by atoms with Gasteiger partial charge in [0.2, 0.25) is 0 Å². The summed E-state index contributed by atoms with van der Waals surface area (Å²) in [4.78, 5) is 0.289. The van der Waals surface area contributed by atoms with E-state index < -0.39 is 16.1 Å². The molecule has 1 unspecified atom stereocenters. The summed E-state index contributed by atoms with van der Waals surface area (Å²) in [6, 6.07) is 19.8. The Balaban J connectivity index is 1.58. The monoisotopic (exact) mass is 355 g/mol. The molecule has 1 heterocycles. The SMILES string of the molecule is O=S1(=O)c2cccc3cccc(c23)N1CC(O)COc1ccccc1. The van der Waals surface area contributed by atoms with Crippen LogP contribution in [0.2, 0.25) is 0 Å². The van der Waals surface area contributed by atoms with Crippen LogP contribution in [0.3, 0.4) is 0 Å². The van der Waals surface area contributed by atoms with Gasteiger partial charge in [0.15, 0.2) is 0 Å². The number of β-amino-alcohol motifs (C(OH)–C–C–N with tert-alkyl or cyclic N) is 1. The number of hydrogen-bond acceptors (Lipinski definition) is 4. The van der Waals surface area contributed by atoms with Crippen LogP contribution in [-0.2, 0) is 10.0 Å². The molecule has 3 aromatic carbocycles. The molecule has 1 atom stereocenters. The first kappa shape index (κ1) is 15.9. The van der Waals surface area contributed by atoms with Crippen molar-refractivity contribution in [3.8, 4) is 5.75 Å². The predicted molar refractivity (Wildman–Crippen MR) is 96.4 cm³/mol. The molecule has 1 N–H and O–H groups in total. The van der Waals surface area contributed by atoms with Crippen molar-refractivity contribution in [1.82, 2.24) is 0 Å². The molecule has 0 aliphatic carbocycles. The minimum absolute atomic E-state index is 0.0162. The van der Waals surface area contributed by atoms with Gasteiger partial charge in [-0.25, -0.2) is 8.42 Å². The van der Waals surface area contributed by atoms with Crippen LogP contribution in [0.15, 0.2) is 71.6 Å². The maximum atomic E-state index is 12.8. The molecule has 4 rings (SSSR count). The number of anilines is 1. The molecule has 3 aromatic rings. The molecule has 0 spiro atoms. The minimum Gasteiger partial charge on any atom is -0.491 e. The van der Waals surface area contributed by atoms with Crippen LogP contribution >= 0.6 is 0 Å². The maximum Gasteiger partial charge on any atom is 0.265 e. The molecule has 25 heavy (non-hydrogen) atoms. The van der Waals surface area contributed by atoms with Crippen LogP contribution in [0.5, 0.6) is 5.75 Å². The lowest BCUT2D eigenvalue weighted by Crippen LogP contribution is -2.37. The second kappa shape index (κ2) is 6.06. The zero-order valence-electron chi connectivity index (χ0n) is 13.4. The Hall–Kier alpha value is -2.57. The summed E-state index contributed by atoms with van der Waals surface area (Å²) in [6.07, 6.45) is -0.945. The normalized spacial score (nSPS) is 16.1. The number of hydrogen-bond donors (Lipinski definition) is 1. The fourth-order valence-electron chi connectivity index (χ4n) is 3.11. The lowest BCUT2D eigenvalue weighted by atomic mass is 10.1. The summed E-state index contributed by atoms with van der Waals surface area (Å²) in [5, 5.41) is 11.9. The Morgan fingerprint density at radius 3 is 2.44 bits per heavy atom. The Morgan fingerprint density at radius 1 is 0.960 bits per heavy atom. The van der Waals surface area contributed by atoms with Gasteiger partial charge in [0.05, 0.1) is 17.1 Å². The van der Waals surface area contributed by atoms with E-state index in [9.17, 15) is 13.5 Å². The van der Waals surface area contributed by atoms with Crippen LogP contribution in [0.25, 0.3) is 10.8 Å². The number of ether oxygens (including phenoxy) is 1. The predicted octanol–water partition coefficient (Wildman–Crippen LogP) is 2.79. The fourth-order valence-corrected chi connectivity index (χ4v) is 4.86. The third-order valence-corrected chi connectivity index (χ3v) is 6.07. The van der Waals surface area contributed by atoms with Crippen molar-refractivity contribution < 1.29 is 18.3 Å². The first-order valence-electron chi connectivity index (χ1n) is 7.98. The van der Waals surface area contributed by atoms with Crippen LogP contribution in [0.1, 0.15) is 0 Å². The number of sulfonamides is 1. The van der Waals surface area contributed by atoms with Gasteiger partial charge in [-0.3, -0.25) is 4.31 Å². The number of nitrogens with zero attached hydrogens (tertiary/aromatic N) is 1. The van der Waals surface area contributed by atoms with E-state index in [1.807, 2.05) is 36.4 Å². The molecule has 0 amide bonds. The van der Waals surface area contributed by atoms with Gasteiger partial charge in [0, 0.05) is 5.39 Å². The van der Waals surface area contributed by atoms with Gasteiger partial charge in [-0.15, -0.1) is 0 Å². The van der Waals surface area contributed by atoms with Crippen molar-refractivity contribution in [2.24, 2.45) is 0 Å². The second-order valence-corrected chi connectivity index (χ2v) is 7.78. The molecule has 0 saturated heterocycles. The summed E-state index contributed by atoms with van der Waals surface area (Å²) >= 11 is 0. The van der Waals surface area contributed by atoms with E-state index in [2.05, 4.69) is 0 Å². The number of aliphatic hydroxyl groups is 1. The molecule has 0 bridgehead atoms. The van der Waals surface area contributed by atoms with Gasteiger partial charge in [0.1, 0.15) is 18.5 Å². The number of rotatable bonds is 5. The highest BCUT2D eigenvalue weighted by Crippen LogP contribution is 2.41. The summed E-state index contributed by atoms with van der Waals surface area (Å²) in [7, 11) is -3.66. The van der Waals surface area contributed by atoms with Crippen molar-refractivity contribution in [3.63, 3.8) is 0 Å². The minimum atomic E-state index is -3.66. The lowest BCUT2D eigenvalue weighted by Gasteiger charge is -2.22. The van der Waals surface area contributed by atoms with E-state index in [1.54, 1.807) is 30.3 Å². The third-order valence-electron chi connectivity index (χ3n) is 4.24. The number of para-hydroxylation sites is 1. The lowest BCUT2D eigenvalue weighted by molar-refractivity contribution is 0.115. The van der Waals surface area contributed by atoms with E-state index in [1.165, 1.54) is 4.31 Å². The molecule has 0 saturated carbocycles. The van der Waals surface area contributed by atoms with E-state index in [-0.39, 0.29) is 18.0 Å². The largest absolute Gasteiger partial charge is 0.491 e. The topological polar surface area (TPSA) is 66.8 Å². The maximum absolute atomic E-state index is 12.8. The summed E-state index contributed by atoms with van der Waals surface area (Å²) in [5.74, 6) is 0.635. The average Bonchev–Trinajstić information content (AvgIpc) is 2.84. The Kier molecular flexibility index (Phi) is 3.86. The molecule has 6 heteroatoms. The van der Waals surface area contributed by atoms with Crippen LogP contribution < -0.4 is 9.04 Å². The summed E-state index contributed by atoms with van der Waals surface area (Å²) in [5.41, 5.74) is 0.604. The highest BCUT2D eigenvalue weighted by atomic mass is 32.2. The van der Waals surface area contributed by atoms with Crippen molar-refractivity contribution >= 4 is 26.5 Å². The van der Waals surface area contributed by atoms with Crippen LogP contribution in [-0.4, -0.2) is 32.8 Å². The molecule has 1 aliphatic heterocycles. The molecular weight excluding hydrogens is 338 g/mol. The molecule has 128 valence electrons. The van der Waals surface area contributed by atoms with E-state index in [0.717, 1.165) is 5.39 Å². The molecular formula is C19H17NO4S. The van der Waals surface area contributed by atoms with Crippen molar-refractivity contribution in [1.29, 1.82) is 0 Å². The third kappa shape index (κ3) is 2.73.